The Labute approximate surface area is 170 Å². The van der Waals surface area contributed by atoms with Crippen LogP contribution in [0.5, 0.6) is 5.75 Å². The number of fused-ring (bicyclic) bond motifs is 1. The Hall–Kier alpha value is -2.83. The molecule has 154 valence electrons. The molecule has 0 saturated carbocycles. The van der Waals surface area contributed by atoms with E-state index < -0.39 is 0 Å². The predicted octanol–water partition coefficient (Wildman–Crippen LogP) is 1.87. The van der Waals surface area contributed by atoms with E-state index in [1.165, 1.54) is 11.1 Å². The highest BCUT2D eigenvalue weighted by Crippen LogP contribution is 2.21. The van der Waals surface area contributed by atoms with Crippen molar-refractivity contribution in [3.05, 3.63) is 51.9 Å². The number of hydrogen-bond acceptors (Lipinski definition) is 5. The molecule has 7 heteroatoms. The van der Waals surface area contributed by atoms with E-state index in [1.807, 2.05) is 29.2 Å². The van der Waals surface area contributed by atoms with E-state index in [0.717, 1.165) is 61.5 Å². The highest BCUT2D eigenvalue weighted by Gasteiger charge is 2.22. The van der Waals surface area contributed by atoms with Gasteiger partial charge < -0.3 is 14.5 Å². The maximum atomic E-state index is 12.8. The molecule has 1 saturated heterocycles. The fourth-order valence-electron chi connectivity index (χ4n) is 4.13. The minimum Gasteiger partial charge on any atom is -0.497 e. The zero-order valence-electron chi connectivity index (χ0n) is 17.0. The molecule has 1 aliphatic carbocycles. The fraction of sp³-hybridized carbons (Fsp3) is 0.500. The highest BCUT2D eigenvalue weighted by molar-refractivity contribution is 5.76. The number of aromatic nitrogens is 2. The Balaban J connectivity index is 1.37. The molecule has 0 radical (unpaired) electrons. The Morgan fingerprint density at radius 3 is 2.48 bits per heavy atom. The van der Waals surface area contributed by atoms with Gasteiger partial charge in [-0.25, -0.2) is 4.68 Å². The van der Waals surface area contributed by atoms with Crippen molar-refractivity contribution in [1.29, 1.82) is 0 Å². The van der Waals surface area contributed by atoms with Crippen LogP contribution in [0.1, 0.15) is 30.5 Å². The number of carbonyl (C=O) groups is 1. The Morgan fingerprint density at radius 1 is 1.03 bits per heavy atom. The van der Waals surface area contributed by atoms with Crippen LogP contribution in [0, 0.1) is 0 Å². The first-order valence-electron chi connectivity index (χ1n) is 10.4. The maximum Gasteiger partial charge on any atom is 0.267 e. The molecule has 0 spiro atoms. The van der Waals surface area contributed by atoms with E-state index in [-0.39, 0.29) is 18.0 Å². The molecule has 1 fully saturated rings. The quantitative estimate of drug-likeness (QED) is 0.738. The van der Waals surface area contributed by atoms with Crippen LogP contribution in [0.2, 0.25) is 0 Å². The molecule has 2 aromatic rings. The summed E-state index contributed by atoms with van der Waals surface area (Å²) < 4.78 is 6.56. The number of rotatable bonds is 4. The van der Waals surface area contributed by atoms with Crippen molar-refractivity contribution in [2.45, 2.75) is 38.6 Å². The van der Waals surface area contributed by atoms with E-state index >= 15 is 0 Å². The van der Waals surface area contributed by atoms with E-state index in [1.54, 1.807) is 13.2 Å². The number of nitrogens with zero attached hydrogens (tertiary/aromatic N) is 4. The van der Waals surface area contributed by atoms with Crippen molar-refractivity contribution in [3.8, 4) is 5.75 Å². The third kappa shape index (κ3) is 4.44. The minimum absolute atomic E-state index is 0.0225. The van der Waals surface area contributed by atoms with Crippen molar-refractivity contribution in [1.82, 2.24) is 14.7 Å². The molecule has 0 N–H and O–H groups in total. The normalized spacial score (nSPS) is 16.9. The van der Waals surface area contributed by atoms with Gasteiger partial charge in [0.1, 0.15) is 12.3 Å². The summed E-state index contributed by atoms with van der Waals surface area (Å²) in [5, 5.41) is 4.52. The number of anilines is 1. The summed E-state index contributed by atoms with van der Waals surface area (Å²) in [6.45, 7) is 2.85. The number of carbonyl (C=O) groups excluding carboxylic acids is 1. The van der Waals surface area contributed by atoms with E-state index in [9.17, 15) is 9.59 Å². The molecule has 4 rings (SSSR count). The lowest BCUT2D eigenvalue weighted by atomic mass is 10.1. The zero-order chi connectivity index (χ0) is 20.2. The third-order valence-electron chi connectivity index (χ3n) is 5.88. The summed E-state index contributed by atoms with van der Waals surface area (Å²) in [6.07, 6.45) is 5.18. The molecule has 1 amide bonds. The largest absolute Gasteiger partial charge is 0.497 e. The van der Waals surface area contributed by atoms with Crippen LogP contribution in [-0.2, 0) is 24.2 Å². The number of aryl methyl sites for hydroxylation is 2. The number of piperazine rings is 1. The monoisotopic (exact) mass is 396 g/mol. The Bertz CT molecular complexity index is 915. The molecule has 2 heterocycles. The van der Waals surface area contributed by atoms with Crippen molar-refractivity contribution >= 4 is 11.6 Å². The lowest BCUT2D eigenvalue weighted by molar-refractivity contribution is -0.132. The summed E-state index contributed by atoms with van der Waals surface area (Å²) in [5.41, 5.74) is 3.00. The van der Waals surface area contributed by atoms with Crippen LogP contribution in [0.3, 0.4) is 0 Å². The number of hydrogen-bond donors (Lipinski definition) is 0. The number of benzene rings is 1. The van der Waals surface area contributed by atoms with Gasteiger partial charge in [0.15, 0.2) is 0 Å². The van der Waals surface area contributed by atoms with Crippen LogP contribution < -0.4 is 15.2 Å². The molecule has 29 heavy (non-hydrogen) atoms. The standard InChI is InChI=1S/C22H28N4O3/c1-29-19-9-7-18(8-10-19)24-11-13-25(14-12-24)22(28)16-26-21(27)15-17-5-3-2-4-6-20(17)23-26/h7-10,15H,2-6,11-14,16H2,1H3. The van der Waals surface area contributed by atoms with Crippen LogP contribution in [0.25, 0.3) is 0 Å². The first-order chi connectivity index (χ1) is 14.1. The van der Waals surface area contributed by atoms with Gasteiger partial charge in [-0.15, -0.1) is 0 Å². The van der Waals surface area contributed by atoms with Crippen LogP contribution in [0.15, 0.2) is 35.1 Å². The van der Waals surface area contributed by atoms with Gasteiger partial charge in [-0.05, 0) is 55.5 Å². The minimum atomic E-state index is -0.170. The summed E-state index contributed by atoms with van der Waals surface area (Å²) in [7, 11) is 1.66. The van der Waals surface area contributed by atoms with Crippen molar-refractivity contribution in [2.24, 2.45) is 0 Å². The fourth-order valence-corrected chi connectivity index (χ4v) is 4.13. The lowest BCUT2D eigenvalue weighted by Gasteiger charge is -2.36. The SMILES string of the molecule is COc1ccc(N2CCN(C(=O)Cn3nc4c(cc3=O)CCCCC4)CC2)cc1. The van der Waals surface area contributed by atoms with E-state index in [0.29, 0.717) is 13.1 Å². The van der Waals surface area contributed by atoms with Gasteiger partial charge in [0, 0.05) is 37.9 Å². The molecule has 1 aliphatic heterocycles. The van der Waals surface area contributed by atoms with Gasteiger partial charge in [0.2, 0.25) is 5.91 Å². The molecule has 7 nitrogen and oxygen atoms in total. The van der Waals surface area contributed by atoms with Gasteiger partial charge in [0.05, 0.1) is 12.8 Å². The summed E-state index contributed by atoms with van der Waals surface area (Å²) in [6, 6.07) is 9.65. The molecule has 2 aliphatic rings. The number of ether oxygens (including phenoxy) is 1. The van der Waals surface area contributed by atoms with Gasteiger partial charge in [-0.2, -0.15) is 5.10 Å². The molecule has 1 aromatic carbocycles. The second-order valence-electron chi connectivity index (χ2n) is 7.74. The van der Waals surface area contributed by atoms with Crippen LogP contribution >= 0.6 is 0 Å². The summed E-state index contributed by atoms with van der Waals surface area (Å²) in [4.78, 5) is 29.3. The van der Waals surface area contributed by atoms with Crippen molar-refractivity contribution in [3.63, 3.8) is 0 Å². The van der Waals surface area contributed by atoms with Crippen molar-refractivity contribution < 1.29 is 9.53 Å². The second-order valence-corrected chi connectivity index (χ2v) is 7.74. The summed E-state index contributed by atoms with van der Waals surface area (Å²) in [5.74, 6) is 0.795. The zero-order valence-corrected chi connectivity index (χ0v) is 17.0. The number of methoxy groups -OCH3 is 1. The van der Waals surface area contributed by atoms with Gasteiger partial charge in [-0.3, -0.25) is 9.59 Å². The van der Waals surface area contributed by atoms with Crippen LogP contribution in [-0.4, -0.2) is 53.9 Å². The van der Waals surface area contributed by atoms with Gasteiger partial charge >= 0.3 is 0 Å². The molecule has 0 atom stereocenters. The smallest absolute Gasteiger partial charge is 0.267 e. The predicted molar refractivity (Wildman–Crippen MR) is 112 cm³/mol. The molecule has 0 bridgehead atoms. The summed E-state index contributed by atoms with van der Waals surface area (Å²) >= 11 is 0. The topological polar surface area (TPSA) is 67.7 Å². The van der Waals surface area contributed by atoms with E-state index in [2.05, 4.69) is 10.00 Å². The molecular formula is C22H28N4O3. The lowest BCUT2D eigenvalue weighted by Crippen LogP contribution is -2.50. The first kappa shape index (κ1) is 19.5. The van der Waals surface area contributed by atoms with Gasteiger partial charge in [-0.1, -0.05) is 6.42 Å². The third-order valence-corrected chi connectivity index (χ3v) is 5.88. The molecule has 1 aromatic heterocycles. The number of amides is 1. The van der Waals surface area contributed by atoms with Crippen molar-refractivity contribution in [2.75, 3.05) is 38.2 Å². The maximum absolute atomic E-state index is 12.8. The Morgan fingerprint density at radius 2 is 1.76 bits per heavy atom. The Kier molecular flexibility index (Phi) is 5.83. The van der Waals surface area contributed by atoms with E-state index in [4.69, 9.17) is 4.74 Å². The average Bonchev–Trinajstić information content (AvgIpc) is 2.99. The van der Waals surface area contributed by atoms with Gasteiger partial charge in [0.25, 0.3) is 5.56 Å². The highest BCUT2D eigenvalue weighted by atomic mass is 16.5. The first-order valence-corrected chi connectivity index (χ1v) is 10.4. The van der Waals surface area contributed by atoms with Crippen LogP contribution in [0.4, 0.5) is 5.69 Å². The molecule has 0 unspecified atom stereocenters. The second kappa shape index (κ2) is 8.68. The molecular weight excluding hydrogens is 368 g/mol. The average molecular weight is 396 g/mol.